The molecule has 0 amide bonds. The van der Waals surface area contributed by atoms with Crippen molar-refractivity contribution < 1.29 is 5.11 Å². The Hall–Kier alpha value is -0.120. The average molecular weight is 186 g/mol. The third-order valence-corrected chi connectivity index (χ3v) is 3.27. The predicted molar refractivity (Wildman–Crippen MR) is 54.6 cm³/mol. The van der Waals surface area contributed by atoms with E-state index in [0.717, 1.165) is 32.5 Å². The fourth-order valence-electron chi connectivity index (χ4n) is 1.94. The third-order valence-electron chi connectivity index (χ3n) is 3.27. The number of hydrogen-bond donors (Lipinski definition) is 2. The van der Waals surface area contributed by atoms with Crippen LogP contribution in [0.2, 0.25) is 0 Å². The number of hydrogen-bond acceptors (Lipinski definition) is 3. The van der Waals surface area contributed by atoms with Gasteiger partial charge in [0.2, 0.25) is 0 Å². The maximum absolute atomic E-state index is 9.96. The Morgan fingerprint density at radius 1 is 1.54 bits per heavy atom. The molecule has 3 heteroatoms. The van der Waals surface area contributed by atoms with Gasteiger partial charge >= 0.3 is 0 Å². The Labute approximate surface area is 80.9 Å². The lowest BCUT2D eigenvalue weighted by molar-refractivity contribution is -0.0376. The summed E-state index contributed by atoms with van der Waals surface area (Å²) in [4.78, 5) is 2.31. The summed E-state index contributed by atoms with van der Waals surface area (Å²) in [6.07, 6.45) is 2.02. The number of likely N-dealkylation sites (tertiary alicyclic amines) is 1. The summed E-state index contributed by atoms with van der Waals surface area (Å²) in [5.41, 5.74) is 5.00. The molecule has 1 heterocycles. The molecule has 0 spiro atoms. The summed E-state index contributed by atoms with van der Waals surface area (Å²) in [6, 6.07) is 0. The van der Waals surface area contributed by atoms with Gasteiger partial charge in [-0.05, 0) is 39.8 Å². The zero-order valence-corrected chi connectivity index (χ0v) is 9.01. The maximum atomic E-state index is 9.96. The van der Waals surface area contributed by atoms with E-state index < -0.39 is 11.1 Å². The van der Waals surface area contributed by atoms with Gasteiger partial charge in [0.1, 0.15) is 0 Å². The Morgan fingerprint density at radius 3 is 2.62 bits per heavy atom. The molecule has 78 valence electrons. The summed E-state index contributed by atoms with van der Waals surface area (Å²) >= 11 is 0. The van der Waals surface area contributed by atoms with Gasteiger partial charge in [-0.2, -0.15) is 0 Å². The van der Waals surface area contributed by atoms with Gasteiger partial charge in [-0.15, -0.1) is 0 Å². The molecular formula is C10H22N2O. The van der Waals surface area contributed by atoms with Crippen LogP contribution in [0.1, 0.15) is 33.6 Å². The van der Waals surface area contributed by atoms with Crippen molar-refractivity contribution in [3.05, 3.63) is 0 Å². The minimum absolute atomic E-state index is 0.429. The largest absolute Gasteiger partial charge is 0.389 e. The standard InChI is InChI=1S/C10H22N2O/c1-4-12-7-5-6-10(11,8-12)9(2,3)13/h13H,4-8,11H2,1-3H3. The Bertz CT molecular complexity index is 176. The first-order chi connectivity index (χ1) is 5.89. The molecule has 3 N–H and O–H groups in total. The van der Waals surface area contributed by atoms with Crippen molar-refractivity contribution in [2.24, 2.45) is 5.73 Å². The molecule has 0 aromatic carbocycles. The second-order valence-corrected chi connectivity index (χ2v) is 4.69. The van der Waals surface area contributed by atoms with Gasteiger partial charge < -0.3 is 15.7 Å². The molecule has 1 saturated heterocycles. The number of nitrogens with two attached hydrogens (primary N) is 1. The Balaban J connectivity index is 2.68. The van der Waals surface area contributed by atoms with Crippen molar-refractivity contribution in [3.63, 3.8) is 0 Å². The second kappa shape index (κ2) is 3.56. The molecule has 0 radical (unpaired) electrons. The molecule has 1 rings (SSSR count). The van der Waals surface area contributed by atoms with Crippen LogP contribution >= 0.6 is 0 Å². The lowest BCUT2D eigenvalue weighted by atomic mass is 9.77. The highest BCUT2D eigenvalue weighted by Crippen LogP contribution is 2.28. The van der Waals surface area contributed by atoms with E-state index in [-0.39, 0.29) is 0 Å². The number of aliphatic hydroxyl groups is 1. The van der Waals surface area contributed by atoms with Crippen molar-refractivity contribution in [2.45, 2.75) is 44.8 Å². The van der Waals surface area contributed by atoms with E-state index in [1.807, 2.05) is 13.8 Å². The maximum Gasteiger partial charge on any atom is 0.0782 e. The summed E-state index contributed by atoms with van der Waals surface area (Å²) < 4.78 is 0. The van der Waals surface area contributed by atoms with Crippen LogP contribution in [0.25, 0.3) is 0 Å². The van der Waals surface area contributed by atoms with E-state index in [9.17, 15) is 5.11 Å². The molecule has 0 aromatic heterocycles. The quantitative estimate of drug-likeness (QED) is 0.663. The van der Waals surface area contributed by atoms with E-state index in [1.165, 1.54) is 0 Å². The zero-order chi connectivity index (χ0) is 10.1. The second-order valence-electron chi connectivity index (χ2n) is 4.69. The Kier molecular flexibility index (Phi) is 3.00. The number of likely N-dealkylation sites (N-methyl/N-ethyl adjacent to an activating group) is 1. The molecule has 1 aliphatic heterocycles. The number of nitrogens with zero attached hydrogens (tertiary/aromatic N) is 1. The van der Waals surface area contributed by atoms with E-state index >= 15 is 0 Å². The van der Waals surface area contributed by atoms with Gasteiger partial charge in [0.05, 0.1) is 11.1 Å². The topological polar surface area (TPSA) is 49.5 Å². The van der Waals surface area contributed by atoms with Crippen molar-refractivity contribution in [1.82, 2.24) is 4.90 Å². The van der Waals surface area contributed by atoms with Gasteiger partial charge in [-0.3, -0.25) is 0 Å². The van der Waals surface area contributed by atoms with Gasteiger partial charge in [-0.25, -0.2) is 0 Å². The van der Waals surface area contributed by atoms with Crippen LogP contribution in [-0.4, -0.2) is 40.8 Å². The van der Waals surface area contributed by atoms with Crippen LogP contribution in [0.4, 0.5) is 0 Å². The molecule has 0 aliphatic carbocycles. The molecule has 1 fully saturated rings. The normalized spacial score (nSPS) is 32.1. The molecule has 1 unspecified atom stereocenters. The predicted octanol–water partition coefficient (Wildman–Crippen LogP) is 0.571. The zero-order valence-electron chi connectivity index (χ0n) is 9.01. The van der Waals surface area contributed by atoms with Crippen LogP contribution in [0.15, 0.2) is 0 Å². The molecule has 1 atom stereocenters. The highest BCUT2D eigenvalue weighted by Gasteiger charge is 2.42. The number of piperidine rings is 1. The average Bonchev–Trinajstić information content (AvgIpc) is 2.02. The first kappa shape index (κ1) is 11.0. The lowest BCUT2D eigenvalue weighted by Gasteiger charge is -2.46. The summed E-state index contributed by atoms with van der Waals surface area (Å²) in [5, 5.41) is 9.96. The smallest absolute Gasteiger partial charge is 0.0782 e. The van der Waals surface area contributed by atoms with Crippen molar-refractivity contribution in [2.75, 3.05) is 19.6 Å². The van der Waals surface area contributed by atoms with Crippen molar-refractivity contribution >= 4 is 0 Å². The van der Waals surface area contributed by atoms with E-state index in [4.69, 9.17) is 5.73 Å². The van der Waals surface area contributed by atoms with Crippen LogP contribution in [-0.2, 0) is 0 Å². The Morgan fingerprint density at radius 2 is 2.15 bits per heavy atom. The van der Waals surface area contributed by atoms with Crippen LogP contribution in [0.3, 0.4) is 0 Å². The van der Waals surface area contributed by atoms with E-state index in [2.05, 4.69) is 11.8 Å². The molecule has 0 aromatic rings. The first-order valence-corrected chi connectivity index (χ1v) is 5.13. The molecule has 0 saturated carbocycles. The minimum Gasteiger partial charge on any atom is -0.389 e. The summed E-state index contributed by atoms with van der Waals surface area (Å²) in [5.74, 6) is 0. The molecule has 0 bridgehead atoms. The highest BCUT2D eigenvalue weighted by molar-refractivity contribution is 5.02. The van der Waals surface area contributed by atoms with Gasteiger partial charge in [0.15, 0.2) is 0 Å². The van der Waals surface area contributed by atoms with E-state index in [1.54, 1.807) is 0 Å². The molecule has 1 aliphatic rings. The van der Waals surface area contributed by atoms with Gasteiger partial charge in [0.25, 0.3) is 0 Å². The summed E-state index contributed by atoms with van der Waals surface area (Å²) in [7, 11) is 0. The van der Waals surface area contributed by atoms with Crippen molar-refractivity contribution in [3.8, 4) is 0 Å². The fraction of sp³-hybridized carbons (Fsp3) is 1.00. The third kappa shape index (κ3) is 2.22. The minimum atomic E-state index is -0.777. The molecular weight excluding hydrogens is 164 g/mol. The van der Waals surface area contributed by atoms with Crippen LogP contribution < -0.4 is 5.73 Å². The monoisotopic (exact) mass is 186 g/mol. The van der Waals surface area contributed by atoms with Gasteiger partial charge in [0, 0.05) is 6.54 Å². The lowest BCUT2D eigenvalue weighted by Crippen LogP contribution is -2.65. The molecule has 13 heavy (non-hydrogen) atoms. The van der Waals surface area contributed by atoms with E-state index in [0.29, 0.717) is 0 Å². The summed E-state index contributed by atoms with van der Waals surface area (Å²) in [6.45, 7) is 8.71. The first-order valence-electron chi connectivity index (χ1n) is 5.13. The highest BCUT2D eigenvalue weighted by atomic mass is 16.3. The fourth-order valence-corrected chi connectivity index (χ4v) is 1.94. The number of rotatable bonds is 2. The van der Waals surface area contributed by atoms with Crippen LogP contribution in [0, 0.1) is 0 Å². The molecule has 3 nitrogen and oxygen atoms in total. The van der Waals surface area contributed by atoms with Crippen LogP contribution in [0.5, 0.6) is 0 Å². The van der Waals surface area contributed by atoms with Crippen molar-refractivity contribution in [1.29, 1.82) is 0 Å². The van der Waals surface area contributed by atoms with Gasteiger partial charge in [-0.1, -0.05) is 6.92 Å². The SMILES string of the molecule is CCN1CCCC(N)(C(C)(C)O)C1.